The molecule has 1 aliphatic carbocycles. The van der Waals surface area contributed by atoms with Gasteiger partial charge in [-0.05, 0) is 19.3 Å². The summed E-state index contributed by atoms with van der Waals surface area (Å²) in [4.78, 5) is 13.7. The molecule has 1 fully saturated rings. The second-order valence-electron chi connectivity index (χ2n) is 4.69. The summed E-state index contributed by atoms with van der Waals surface area (Å²) >= 11 is 0. The average molecular weight is 239 g/mol. The minimum Gasteiger partial charge on any atom is -0.469 e. The number of carbonyl (C=O) groups is 1. The van der Waals surface area contributed by atoms with E-state index in [0.29, 0.717) is 19.1 Å². The molecule has 17 heavy (non-hydrogen) atoms. The van der Waals surface area contributed by atoms with E-state index in [1.807, 2.05) is 0 Å². The minimum atomic E-state index is -0.184. The van der Waals surface area contributed by atoms with Crippen molar-refractivity contribution < 1.29 is 14.3 Å². The van der Waals surface area contributed by atoms with Crippen molar-refractivity contribution in [3.63, 3.8) is 0 Å². The first kappa shape index (κ1) is 12.6. The van der Waals surface area contributed by atoms with Crippen LogP contribution in [0, 0.1) is 0 Å². The number of methoxy groups -OCH3 is 1. The Morgan fingerprint density at radius 3 is 3.18 bits per heavy atom. The molecule has 1 heterocycles. The summed E-state index contributed by atoms with van der Waals surface area (Å²) in [5.41, 5.74) is 0. The number of hydrogen-bond donors (Lipinski definition) is 0. The van der Waals surface area contributed by atoms with Crippen molar-refractivity contribution >= 4 is 5.97 Å². The Morgan fingerprint density at radius 2 is 2.47 bits per heavy atom. The topological polar surface area (TPSA) is 38.8 Å². The van der Waals surface area contributed by atoms with Crippen LogP contribution >= 0.6 is 0 Å². The molecule has 0 saturated carbocycles. The fourth-order valence-electron chi connectivity index (χ4n) is 2.53. The van der Waals surface area contributed by atoms with Crippen LogP contribution < -0.4 is 0 Å². The number of allylic oxidation sites excluding steroid dienone is 1. The Balaban J connectivity index is 1.85. The average Bonchev–Trinajstić information content (AvgIpc) is 2.40. The molecule has 2 atom stereocenters. The molecule has 0 N–H and O–H groups in total. The van der Waals surface area contributed by atoms with E-state index >= 15 is 0 Å². The highest BCUT2D eigenvalue weighted by Gasteiger charge is 2.27. The van der Waals surface area contributed by atoms with E-state index < -0.39 is 0 Å². The van der Waals surface area contributed by atoms with Gasteiger partial charge in [-0.2, -0.15) is 0 Å². The molecule has 0 unspecified atom stereocenters. The van der Waals surface area contributed by atoms with Gasteiger partial charge in [-0.3, -0.25) is 9.69 Å². The molecule has 2 aliphatic rings. The van der Waals surface area contributed by atoms with Gasteiger partial charge in [0.15, 0.2) is 0 Å². The minimum absolute atomic E-state index is 0.00785. The Bertz CT molecular complexity index is 290. The molecule has 0 radical (unpaired) electrons. The first-order chi connectivity index (χ1) is 8.29. The molecule has 0 aromatic heterocycles. The number of morpholine rings is 1. The molecule has 0 spiro atoms. The monoisotopic (exact) mass is 239 g/mol. The van der Waals surface area contributed by atoms with Crippen LogP contribution in [-0.2, 0) is 14.3 Å². The normalized spacial score (nSPS) is 30.2. The van der Waals surface area contributed by atoms with Crippen molar-refractivity contribution in [3.8, 4) is 0 Å². The third kappa shape index (κ3) is 3.54. The predicted molar refractivity (Wildman–Crippen MR) is 64.7 cm³/mol. The highest BCUT2D eigenvalue weighted by atomic mass is 16.5. The third-order valence-corrected chi connectivity index (χ3v) is 3.49. The quantitative estimate of drug-likeness (QED) is 0.550. The molecular formula is C13H21NO3. The van der Waals surface area contributed by atoms with Gasteiger partial charge in [0.1, 0.15) is 0 Å². The maximum Gasteiger partial charge on any atom is 0.308 e. The van der Waals surface area contributed by atoms with Crippen LogP contribution in [-0.4, -0.2) is 49.8 Å². The molecule has 2 rings (SSSR count). The van der Waals surface area contributed by atoms with Crippen LogP contribution in [0.3, 0.4) is 0 Å². The van der Waals surface area contributed by atoms with Gasteiger partial charge >= 0.3 is 5.97 Å². The molecule has 0 amide bonds. The van der Waals surface area contributed by atoms with Gasteiger partial charge in [0.05, 0.1) is 26.2 Å². The first-order valence-electron chi connectivity index (χ1n) is 6.38. The number of rotatable bonds is 3. The van der Waals surface area contributed by atoms with Gasteiger partial charge in [-0.1, -0.05) is 12.2 Å². The van der Waals surface area contributed by atoms with E-state index in [4.69, 9.17) is 4.74 Å². The molecule has 0 aromatic carbocycles. The van der Waals surface area contributed by atoms with Crippen LogP contribution in [0.1, 0.15) is 25.7 Å². The van der Waals surface area contributed by atoms with E-state index in [0.717, 1.165) is 13.1 Å². The zero-order valence-electron chi connectivity index (χ0n) is 10.4. The van der Waals surface area contributed by atoms with Crippen molar-refractivity contribution in [2.75, 3.05) is 26.8 Å². The fourth-order valence-corrected chi connectivity index (χ4v) is 2.53. The number of carbonyl (C=O) groups excluding carboxylic acids is 1. The van der Waals surface area contributed by atoms with E-state index in [1.54, 1.807) is 0 Å². The van der Waals surface area contributed by atoms with Crippen LogP contribution in [0.15, 0.2) is 12.2 Å². The maximum absolute atomic E-state index is 11.2. The molecule has 1 saturated heterocycles. The van der Waals surface area contributed by atoms with Gasteiger partial charge in [-0.25, -0.2) is 0 Å². The van der Waals surface area contributed by atoms with Gasteiger partial charge in [0.25, 0.3) is 0 Å². The lowest BCUT2D eigenvalue weighted by molar-refractivity contribution is -0.146. The molecular weight excluding hydrogens is 218 g/mol. The van der Waals surface area contributed by atoms with Crippen molar-refractivity contribution in [1.29, 1.82) is 0 Å². The number of ether oxygens (including phenoxy) is 2. The van der Waals surface area contributed by atoms with Crippen molar-refractivity contribution in [3.05, 3.63) is 12.2 Å². The lowest BCUT2D eigenvalue weighted by Gasteiger charge is -2.37. The zero-order valence-corrected chi connectivity index (χ0v) is 10.4. The lowest BCUT2D eigenvalue weighted by Crippen LogP contribution is -2.48. The fraction of sp³-hybridized carbons (Fsp3) is 0.769. The summed E-state index contributed by atoms with van der Waals surface area (Å²) in [5.74, 6) is -0.184. The lowest BCUT2D eigenvalue weighted by atomic mass is 10.0. The standard InChI is InChI=1S/C13H21NO3/c1-16-13(15)9-12-10-14(7-8-17-12)11-5-3-2-4-6-11/h3,5,11-12H,2,4,6-10H2,1H3/t11-,12-/m1/s1. The van der Waals surface area contributed by atoms with Crippen molar-refractivity contribution in [2.45, 2.75) is 37.8 Å². The second kappa shape index (κ2) is 6.17. The zero-order chi connectivity index (χ0) is 12.1. The number of nitrogens with zero attached hydrogens (tertiary/aromatic N) is 1. The van der Waals surface area contributed by atoms with Crippen LogP contribution in [0.25, 0.3) is 0 Å². The largest absolute Gasteiger partial charge is 0.469 e. The number of hydrogen-bond acceptors (Lipinski definition) is 4. The first-order valence-corrected chi connectivity index (χ1v) is 6.38. The summed E-state index contributed by atoms with van der Waals surface area (Å²) in [7, 11) is 1.42. The second-order valence-corrected chi connectivity index (χ2v) is 4.69. The summed E-state index contributed by atoms with van der Waals surface area (Å²) in [6.45, 7) is 2.52. The van der Waals surface area contributed by atoms with Crippen molar-refractivity contribution in [1.82, 2.24) is 4.90 Å². The smallest absolute Gasteiger partial charge is 0.308 e. The SMILES string of the molecule is COC(=O)C[C@@H]1CN([C@@H]2C=CCCC2)CCO1. The Hall–Kier alpha value is -0.870. The summed E-state index contributed by atoms with van der Waals surface area (Å²) in [6.07, 6.45) is 8.60. The van der Waals surface area contributed by atoms with Gasteiger partial charge in [0.2, 0.25) is 0 Å². The predicted octanol–water partition coefficient (Wildman–Crippen LogP) is 1.36. The van der Waals surface area contributed by atoms with E-state index in [1.165, 1.54) is 26.4 Å². The number of esters is 1. The van der Waals surface area contributed by atoms with Gasteiger partial charge in [-0.15, -0.1) is 0 Å². The van der Waals surface area contributed by atoms with E-state index in [9.17, 15) is 4.79 Å². The Labute approximate surface area is 103 Å². The van der Waals surface area contributed by atoms with E-state index in [2.05, 4.69) is 21.8 Å². The third-order valence-electron chi connectivity index (χ3n) is 3.49. The molecule has 0 aromatic rings. The Kier molecular flexibility index (Phi) is 4.57. The van der Waals surface area contributed by atoms with Crippen LogP contribution in [0.5, 0.6) is 0 Å². The summed E-state index contributed by atoms with van der Waals surface area (Å²) < 4.78 is 10.3. The molecule has 4 heteroatoms. The van der Waals surface area contributed by atoms with Crippen LogP contribution in [0.2, 0.25) is 0 Å². The molecule has 4 nitrogen and oxygen atoms in total. The van der Waals surface area contributed by atoms with Crippen LogP contribution in [0.4, 0.5) is 0 Å². The molecule has 96 valence electrons. The highest BCUT2D eigenvalue weighted by molar-refractivity contribution is 5.69. The van der Waals surface area contributed by atoms with E-state index in [-0.39, 0.29) is 12.1 Å². The Morgan fingerprint density at radius 1 is 1.59 bits per heavy atom. The highest BCUT2D eigenvalue weighted by Crippen LogP contribution is 2.20. The molecule has 1 aliphatic heterocycles. The maximum atomic E-state index is 11.2. The summed E-state index contributed by atoms with van der Waals surface area (Å²) in [5, 5.41) is 0. The molecule has 0 bridgehead atoms. The van der Waals surface area contributed by atoms with Gasteiger partial charge < -0.3 is 9.47 Å². The van der Waals surface area contributed by atoms with Crippen molar-refractivity contribution in [2.24, 2.45) is 0 Å². The summed E-state index contributed by atoms with van der Waals surface area (Å²) in [6, 6.07) is 0.535. The van der Waals surface area contributed by atoms with Gasteiger partial charge in [0, 0.05) is 19.1 Å².